The smallest absolute Gasteiger partial charge is 0.255 e. The number of carbonyl (C=O) groups is 1. The van der Waals surface area contributed by atoms with Gasteiger partial charge in [-0.3, -0.25) is 4.79 Å². The van der Waals surface area contributed by atoms with Gasteiger partial charge in [-0.15, -0.1) is 6.58 Å². The molecule has 1 N–H and O–H groups in total. The summed E-state index contributed by atoms with van der Waals surface area (Å²) in [7, 11) is 2.18. The monoisotopic (exact) mass is 408 g/mol. The number of allylic oxidation sites excluding steroid dienone is 1. The summed E-state index contributed by atoms with van der Waals surface area (Å²) < 4.78 is 0. The van der Waals surface area contributed by atoms with Gasteiger partial charge in [-0.25, -0.2) is 0 Å². The molecular weight excluding hydrogens is 380 g/mol. The summed E-state index contributed by atoms with van der Waals surface area (Å²) in [6.07, 6.45) is 2.42. The number of benzene rings is 2. The lowest BCUT2D eigenvalue weighted by molar-refractivity contribution is -0.110. The minimum atomic E-state index is -0.152. The van der Waals surface area contributed by atoms with Gasteiger partial charge in [-0.2, -0.15) is 0 Å². The van der Waals surface area contributed by atoms with Crippen molar-refractivity contribution in [1.82, 2.24) is 4.90 Å². The maximum Gasteiger partial charge on any atom is 0.255 e. The Morgan fingerprint density at radius 3 is 2.28 bits per heavy atom. The van der Waals surface area contributed by atoms with Crippen LogP contribution in [0, 0.1) is 0 Å². The summed E-state index contributed by atoms with van der Waals surface area (Å²) in [4.78, 5) is 14.2. The average Bonchev–Trinajstić information content (AvgIpc) is 2.95. The number of fused-ring (bicyclic) bond motifs is 1. The van der Waals surface area contributed by atoms with Crippen molar-refractivity contribution < 1.29 is 4.79 Å². The molecule has 0 radical (unpaired) electrons. The fourth-order valence-corrected chi connectivity index (χ4v) is 4.02. The Bertz CT molecular complexity index is 934. The van der Waals surface area contributed by atoms with E-state index in [9.17, 15) is 4.79 Å². The minimum Gasteiger partial charge on any atom is -0.321 e. The number of anilines is 1. The first kappa shape index (κ1) is 21.4. The van der Waals surface area contributed by atoms with Crippen LogP contribution in [0.5, 0.6) is 0 Å². The molecule has 0 unspecified atom stereocenters. The Balaban J connectivity index is 0.000000552. The van der Waals surface area contributed by atoms with E-state index in [0.29, 0.717) is 16.5 Å². The SMILES string of the molecule is C=C(C)C.C=C1C(=O)Nc2cc(Cl)c(-c3ccc(C4CCN(C)CC4)cc3)cc21. The van der Waals surface area contributed by atoms with E-state index in [1.807, 2.05) is 26.0 Å². The second-order valence-corrected chi connectivity index (χ2v) is 8.62. The van der Waals surface area contributed by atoms with Gasteiger partial charge in [0.2, 0.25) is 0 Å². The molecule has 2 aliphatic heterocycles. The largest absolute Gasteiger partial charge is 0.321 e. The van der Waals surface area contributed by atoms with E-state index < -0.39 is 0 Å². The Hall–Kier alpha value is -2.36. The van der Waals surface area contributed by atoms with Crippen molar-refractivity contribution in [1.29, 1.82) is 0 Å². The van der Waals surface area contributed by atoms with Crippen molar-refractivity contribution in [2.75, 3.05) is 25.5 Å². The van der Waals surface area contributed by atoms with Crippen LogP contribution in [0.3, 0.4) is 0 Å². The fourth-order valence-electron chi connectivity index (χ4n) is 3.74. The van der Waals surface area contributed by atoms with Crippen molar-refractivity contribution in [3.63, 3.8) is 0 Å². The van der Waals surface area contributed by atoms with Gasteiger partial charge in [0, 0.05) is 16.7 Å². The predicted octanol–water partition coefficient (Wildman–Crippen LogP) is 6.36. The molecule has 1 fully saturated rings. The highest BCUT2D eigenvalue weighted by molar-refractivity contribution is 6.36. The molecule has 0 spiro atoms. The number of halogens is 1. The van der Waals surface area contributed by atoms with Crippen molar-refractivity contribution >= 4 is 28.8 Å². The second kappa shape index (κ2) is 8.98. The zero-order valence-corrected chi connectivity index (χ0v) is 18.3. The van der Waals surface area contributed by atoms with Crippen LogP contribution in [-0.2, 0) is 4.79 Å². The molecule has 2 aromatic carbocycles. The Kier molecular flexibility index (Phi) is 6.61. The number of carbonyl (C=O) groups excluding carboxylic acids is 1. The number of nitrogens with zero attached hydrogens (tertiary/aromatic N) is 1. The van der Waals surface area contributed by atoms with E-state index in [0.717, 1.165) is 35.5 Å². The summed E-state index contributed by atoms with van der Waals surface area (Å²) in [5, 5.41) is 3.44. The number of nitrogens with one attached hydrogen (secondary N) is 1. The highest BCUT2D eigenvalue weighted by Crippen LogP contribution is 2.39. The molecule has 2 aliphatic rings. The first-order chi connectivity index (χ1) is 13.8. The van der Waals surface area contributed by atoms with Crippen LogP contribution in [0.1, 0.15) is 43.7 Å². The van der Waals surface area contributed by atoms with E-state index in [4.69, 9.17) is 11.6 Å². The van der Waals surface area contributed by atoms with Gasteiger partial charge in [0.25, 0.3) is 5.91 Å². The Labute approximate surface area is 179 Å². The first-order valence-corrected chi connectivity index (χ1v) is 10.4. The Morgan fingerprint density at radius 1 is 1.10 bits per heavy atom. The molecule has 1 saturated heterocycles. The molecule has 29 heavy (non-hydrogen) atoms. The van der Waals surface area contributed by atoms with Crippen molar-refractivity contribution in [2.24, 2.45) is 0 Å². The molecule has 1 amide bonds. The average molecular weight is 409 g/mol. The highest BCUT2D eigenvalue weighted by Gasteiger charge is 2.24. The lowest BCUT2D eigenvalue weighted by Crippen LogP contribution is -2.29. The molecule has 4 rings (SSSR count). The molecule has 2 aromatic rings. The van der Waals surface area contributed by atoms with Gasteiger partial charge in [-0.05, 0) is 76.0 Å². The van der Waals surface area contributed by atoms with Crippen LogP contribution >= 0.6 is 11.6 Å². The normalized spacial score (nSPS) is 16.7. The quantitative estimate of drug-likeness (QED) is 0.463. The summed E-state index contributed by atoms with van der Waals surface area (Å²) in [5.41, 5.74) is 6.64. The van der Waals surface area contributed by atoms with Crippen molar-refractivity contribution in [2.45, 2.75) is 32.6 Å². The second-order valence-electron chi connectivity index (χ2n) is 8.22. The zero-order chi connectivity index (χ0) is 21.1. The number of amides is 1. The molecule has 4 heteroatoms. The lowest BCUT2D eigenvalue weighted by atomic mass is 9.88. The standard InChI is InChI=1S/C21H21ClN2O.C4H8/c1-13-17-11-18(19(22)12-20(17)23-21(13)25)16-5-3-14(4-6-16)15-7-9-24(2)10-8-15;1-4(2)3/h3-6,11-12,15H,1,7-10H2,2H3,(H,23,25);1H2,2-3H3. The van der Waals surface area contributed by atoms with E-state index in [1.165, 1.54) is 24.0 Å². The van der Waals surface area contributed by atoms with E-state index >= 15 is 0 Å². The maximum absolute atomic E-state index is 11.8. The van der Waals surface area contributed by atoms with Gasteiger partial charge < -0.3 is 10.2 Å². The number of hydrogen-bond donors (Lipinski definition) is 1. The van der Waals surface area contributed by atoms with Crippen molar-refractivity contribution in [3.05, 3.63) is 71.3 Å². The van der Waals surface area contributed by atoms with Crippen LogP contribution in [0.2, 0.25) is 5.02 Å². The molecular formula is C25H29ClN2O. The third-order valence-corrected chi connectivity index (χ3v) is 5.68. The van der Waals surface area contributed by atoms with E-state index in [1.54, 1.807) is 0 Å². The van der Waals surface area contributed by atoms with Crippen molar-refractivity contribution in [3.8, 4) is 11.1 Å². The minimum absolute atomic E-state index is 0.152. The van der Waals surface area contributed by atoms with E-state index in [2.05, 4.69) is 54.7 Å². The topological polar surface area (TPSA) is 32.3 Å². The molecule has 0 bridgehead atoms. The van der Waals surface area contributed by atoms with Gasteiger partial charge in [-0.1, -0.05) is 48.0 Å². The molecule has 3 nitrogen and oxygen atoms in total. The molecule has 152 valence electrons. The fraction of sp³-hybridized carbons (Fsp3) is 0.320. The van der Waals surface area contributed by atoms with Gasteiger partial charge in [0.1, 0.15) is 0 Å². The highest BCUT2D eigenvalue weighted by atomic mass is 35.5. The predicted molar refractivity (Wildman–Crippen MR) is 125 cm³/mol. The van der Waals surface area contributed by atoms with Crippen LogP contribution in [0.15, 0.2) is 55.1 Å². The lowest BCUT2D eigenvalue weighted by Gasteiger charge is -2.29. The third kappa shape index (κ3) is 4.98. The summed E-state index contributed by atoms with van der Waals surface area (Å²) in [5.74, 6) is 0.489. The summed E-state index contributed by atoms with van der Waals surface area (Å²) >= 11 is 6.46. The summed E-state index contributed by atoms with van der Waals surface area (Å²) in [6, 6.07) is 12.5. The molecule has 0 aromatic heterocycles. The van der Waals surface area contributed by atoms with Crippen LogP contribution in [0.25, 0.3) is 16.7 Å². The molecule has 0 aliphatic carbocycles. The molecule has 0 atom stereocenters. The molecule has 2 heterocycles. The summed E-state index contributed by atoms with van der Waals surface area (Å²) in [6.45, 7) is 13.7. The van der Waals surface area contributed by atoms with Gasteiger partial charge in [0.15, 0.2) is 0 Å². The van der Waals surface area contributed by atoms with Crippen LogP contribution in [0.4, 0.5) is 5.69 Å². The van der Waals surface area contributed by atoms with Gasteiger partial charge >= 0.3 is 0 Å². The number of likely N-dealkylation sites (tertiary alicyclic amines) is 1. The van der Waals surface area contributed by atoms with Crippen LogP contribution < -0.4 is 5.32 Å². The van der Waals surface area contributed by atoms with Crippen LogP contribution in [-0.4, -0.2) is 30.9 Å². The zero-order valence-electron chi connectivity index (χ0n) is 17.5. The van der Waals surface area contributed by atoms with E-state index in [-0.39, 0.29) is 5.91 Å². The maximum atomic E-state index is 11.8. The van der Waals surface area contributed by atoms with Gasteiger partial charge in [0.05, 0.1) is 10.7 Å². The number of piperidine rings is 1. The number of hydrogen-bond acceptors (Lipinski definition) is 2. The first-order valence-electron chi connectivity index (χ1n) is 10.0. The Morgan fingerprint density at radius 2 is 1.69 bits per heavy atom. The number of rotatable bonds is 2. The third-order valence-electron chi connectivity index (χ3n) is 5.37. The molecule has 0 saturated carbocycles.